The monoisotopic (exact) mass is 543 g/mol. The minimum Gasteiger partial charge on any atom is -0.489 e. The molecule has 0 aromatic heterocycles. The number of amides is 1. The first-order valence-electron chi connectivity index (χ1n) is 11.2. The minimum absolute atomic E-state index is 0.0731. The molecule has 1 N–H and O–H groups in total. The lowest BCUT2D eigenvalue weighted by Crippen LogP contribution is -2.39. The van der Waals surface area contributed by atoms with Gasteiger partial charge < -0.3 is 4.74 Å². The van der Waals surface area contributed by atoms with E-state index >= 15 is 0 Å². The molecule has 7 nitrogen and oxygen atoms in total. The third kappa shape index (κ3) is 6.40. The van der Waals surface area contributed by atoms with Gasteiger partial charge in [-0.15, -0.1) is 0 Å². The number of rotatable bonds is 9. The van der Waals surface area contributed by atoms with Crippen molar-refractivity contribution in [2.24, 2.45) is 5.10 Å². The Balaban J connectivity index is 1.47. The number of aryl methyl sites for hydroxylation is 2. The molecule has 0 bridgehead atoms. The zero-order valence-corrected chi connectivity index (χ0v) is 22.2. The Morgan fingerprint density at radius 2 is 1.81 bits per heavy atom. The van der Waals surface area contributed by atoms with E-state index in [0.717, 1.165) is 38.3 Å². The molecular formula is C26H26ClN3O4S2. The summed E-state index contributed by atoms with van der Waals surface area (Å²) >= 11 is 8.11. The number of thioether (sulfide) groups is 1. The molecule has 0 spiro atoms. The third-order valence-electron chi connectivity index (χ3n) is 5.53. The van der Waals surface area contributed by atoms with Crippen molar-refractivity contribution in [1.82, 2.24) is 5.43 Å². The predicted molar refractivity (Wildman–Crippen MR) is 146 cm³/mol. The van der Waals surface area contributed by atoms with Crippen molar-refractivity contribution in [3.63, 3.8) is 0 Å². The maximum atomic E-state index is 13.5. The van der Waals surface area contributed by atoms with Crippen molar-refractivity contribution >= 4 is 51.2 Å². The number of benzene rings is 3. The molecule has 1 saturated heterocycles. The molecule has 10 heteroatoms. The third-order valence-corrected chi connectivity index (χ3v) is 8.94. The number of ether oxygens (including phenoxy) is 1. The van der Waals surface area contributed by atoms with E-state index < -0.39 is 22.5 Å². The number of carbonyl (C=O) groups is 1. The molecule has 0 radical (unpaired) electrons. The van der Waals surface area contributed by atoms with E-state index in [1.54, 1.807) is 24.3 Å². The molecule has 3 aromatic carbocycles. The van der Waals surface area contributed by atoms with Crippen molar-refractivity contribution in [2.75, 3.05) is 22.4 Å². The topological polar surface area (TPSA) is 88.1 Å². The van der Waals surface area contributed by atoms with Crippen molar-refractivity contribution in [1.29, 1.82) is 0 Å². The SMILES string of the molecule is Cc1ccc(S(=O)(=O)N(CC(=O)N/N=C\c2ccc(OC3CSC3)cc2)c2ccc(C)c(Cl)c2)cc1. The molecule has 0 unspecified atom stereocenters. The normalized spacial score (nSPS) is 13.9. The largest absolute Gasteiger partial charge is 0.489 e. The van der Waals surface area contributed by atoms with E-state index in [9.17, 15) is 13.2 Å². The smallest absolute Gasteiger partial charge is 0.264 e. The summed E-state index contributed by atoms with van der Waals surface area (Å²) in [5, 5.41) is 4.39. The minimum atomic E-state index is -4.04. The lowest BCUT2D eigenvalue weighted by molar-refractivity contribution is -0.119. The predicted octanol–water partition coefficient (Wildman–Crippen LogP) is 4.80. The van der Waals surface area contributed by atoms with E-state index in [4.69, 9.17) is 16.3 Å². The number of hydrogen-bond acceptors (Lipinski definition) is 6. The van der Waals surface area contributed by atoms with E-state index in [0.29, 0.717) is 5.02 Å². The average Bonchev–Trinajstić information content (AvgIpc) is 2.83. The highest BCUT2D eigenvalue weighted by atomic mass is 35.5. The molecular weight excluding hydrogens is 518 g/mol. The summed E-state index contributed by atoms with van der Waals surface area (Å²) in [6.45, 7) is 3.21. The van der Waals surface area contributed by atoms with Gasteiger partial charge in [0.15, 0.2) is 0 Å². The molecule has 0 saturated carbocycles. The van der Waals surface area contributed by atoms with Crippen LogP contribution in [-0.4, -0.2) is 44.7 Å². The first-order valence-corrected chi connectivity index (χ1v) is 14.2. The van der Waals surface area contributed by atoms with Crippen LogP contribution in [0.25, 0.3) is 0 Å². The van der Waals surface area contributed by atoms with Gasteiger partial charge in [0, 0.05) is 16.5 Å². The maximum Gasteiger partial charge on any atom is 0.264 e. The first kappa shape index (κ1) is 26.1. The van der Waals surface area contributed by atoms with Crippen LogP contribution in [0.15, 0.2) is 76.7 Å². The van der Waals surface area contributed by atoms with Crippen molar-refractivity contribution < 1.29 is 17.9 Å². The number of nitrogens with one attached hydrogen (secondary N) is 1. The summed E-state index contributed by atoms with van der Waals surface area (Å²) in [5.41, 5.74) is 5.18. The fourth-order valence-electron chi connectivity index (χ4n) is 3.34. The van der Waals surface area contributed by atoms with Crippen LogP contribution in [-0.2, 0) is 14.8 Å². The average molecular weight is 544 g/mol. The van der Waals surface area contributed by atoms with Crippen molar-refractivity contribution in [3.8, 4) is 5.75 Å². The van der Waals surface area contributed by atoms with E-state index in [2.05, 4.69) is 10.5 Å². The molecule has 4 rings (SSSR count). The summed E-state index contributed by atoms with van der Waals surface area (Å²) in [6, 6.07) is 18.7. The Bertz CT molecular complexity index is 1360. The highest BCUT2D eigenvalue weighted by Gasteiger charge is 2.27. The maximum absolute atomic E-state index is 13.5. The quantitative estimate of drug-likeness (QED) is 0.309. The van der Waals surface area contributed by atoms with Gasteiger partial charge in [0.1, 0.15) is 18.4 Å². The van der Waals surface area contributed by atoms with E-state index in [1.165, 1.54) is 24.4 Å². The highest BCUT2D eigenvalue weighted by Crippen LogP contribution is 2.28. The van der Waals surface area contributed by atoms with Gasteiger partial charge in [-0.05, 0) is 73.5 Å². The van der Waals surface area contributed by atoms with Gasteiger partial charge in [-0.1, -0.05) is 35.4 Å². The second kappa shape index (κ2) is 11.4. The molecule has 3 aromatic rings. The Kier molecular flexibility index (Phi) is 8.23. The van der Waals surface area contributed by atoms with Crippen LogP contribution < -0.4 is 14.5 Å². The Morgan fingerprint density at radius 1 is 1.11 bits per heavy atom. The molecule has 0 aliphatic carbocycles. The van der Waals surface area contributed by atoms with Gasteiger partial charge in [-0.3, -0.25) is 9.10 Å². The molecule has 1 aliphatic rings. The Morgan fingerprint density at radius 3 is 2.42 bits per heavy atom. The molecule has 1 fully saturated rings. The molecule has 0 atom stereocenters. The number of nitrogens with zero attached hydrogens (tertiary/aromatic N) is 2. The van der Waals surface area contributed by atoms with Crippen LogP contribution in [0.3, 0.4) is 0 Å². The molecule has 1 aliphatic heterocycles. The van der Waals surface area contributed by atoms with Crippen LogP contribution in [0.2, 0.25) is 5.02 Å². The van der Waals surface area contributed by atoms with E-state index in [1.807, 2.05) is 49.9 Å². The molecule has 36 heavy (non-hydrogen) atoms. The van der Waals surface area contributed by atoms with Crippen LogP contribution in [0.1, 0.15) is 16.7 Å². The van der Waals surface area contributed by atoms with Gasteiger partial charge in [0.2, 0.25) is 0 Å². The first-order chi connectivity index (χ1) is 17.2. The summed E-state index contributed by atoms with van der Waals surface area (Å²) in [4.78, 5) is 12.8. The number of anilines is 1. The van der Waals surface area contributed by atoms with Gasteiger partial charge >= 0.3 is 0 Å². The van der Waals surface area contributed by atoms with Gasteiger partial charge in [-0.25, -0.2) is 13.8 Å². The zero-order chi connectivity index (χ0) is 25.7. The van der Waals surface area contributed by atoms with Gasteiger partial charge in [0.25, 0.3) is 15.9 Å². The second-order valence-corrected chi connectivity index (χ2v) is 11.7. The van der Waals surface area contributed by atoms with E-state index in [-0.39, 0.29) is 16.7 Å². The van der Waals surface area contributed by atoms with Crippen molar-refractivity contribution in [2.45, 2.75) is 24.8 Å². The summed E-state index contributed by atoms with van der Waals surface area (Å²) in [5.74, 6) is 2.19. The zero-order valence-electron chi connectivity index (χ0n) is 19.8. The molecule has 1 heterocycles. The number of sulfonamides is 1. The summed E-state index contributed by atoms with van der Waals surface area (Å²) in [6.07, 6.45) is 1.75. The standard InChI is InChI=1S/C26H26ClN3O4S2/c1-18-3-11-24(12-4-18)36(32,33)30(21-8-5-19(2)25(27)13-21)15-26(31)29-28-14-20-6-9-22(10-7-20)34-23-16-35-17-23/h3-14,23H,15-17H2,1-2H3,(H,29,31)/b28-14-. The lowest BCUT2D eigenvalue weighted by Gasteiger charge is -2.25. The number of hydrogen-bond donors (Lipinski definition) is 1. The van der Waals surface area contributed by atoms with Crippen LogP contribution in [0, 0.1) is 13.8 Å². The fraction of sp³-hybridized carbons (Fsp3) is 0.231. The molecule has 188 valence electrons. The molecule has 1 amide bonds. The fourth-order valence-corrected chi connectivity index (χ4v) is 5.49. The summed E-state index contributed by atoms with van der Waals surface area (Å²) < 4.78 is 33.8. The van der Waals surface area contributed by atoms with Crippen molar-refractivity contribution in [3.05, 3.63) is 88.4 Å². The van der Waals surface area contributed by atoms with Crippen LogP contribution >= 0.6 is 23.4 Å². The number of hydrazone groups is 1. The number of halogens is 1. The van der Waals surface area contributed by atoms with Gasteiger partial charge in [0.05, 0.1) is 16.8 Å². The van der Waals surface area contributed by atoms with Gasteiger partial charge in [-0.2, -0.15) is 16.9 Å². The second-order valence-electron chi connectivity index (χ2n) is 8.40. The highest BCUT2D eigenvalue weighted by molar-refractivity contribution is 8.00. The Hall–Kier alpha value is -3.01. The number of carbonyl (C=O) groups excluding carboxylic acids is 1. The Labute approximate surface area is 220 Å². The lowest BCUT2D eigenvalue weighted by atomic mass is 10.2. The van der Waals surface area contributed by atoms with Crippen LogP contribution in [0.5, 0.6) is 5.75 Å². The van der Waals surface area contributed by atoms with Crippen LogP contribution in [0.4, 0.5) is 5.69 Å². The summed E-state index contributed by atoms with van der Waals surface area (Å²) in [7, 11) is -4.04.